The Balaban J connectivity index is 2.53. The van der Waals surface area contributed by atoms with Crippen molar-refractivity contribution < 1.29 is 9.84 Å². The average molecular weight is 293 g/mol. The highest BCUT2D eigenvalue weighted by atomic mass is 79.9. The topological polar surface area (TPSA) is 29.5 Å². The van der Waals surface area contributed by atoms with Gasteiger partial charge in [0.05, 0.1) is 12.2 Å². The Morgan fingerprint density at radius 3 is 2.73 bits per heavy atom. The summed E-state index contributed by atoms with van der Waals surface area (Å²) in [5, 5.41) is 12.0. The van der Waals surface area contributed by atoms with Crippen LogP contribution >= 0.6 is 27.3 Å². The van der Waals surface area contributed by atoms with E-state index in [2.05, 4.69) is 15.9 Å². The molecule has 0 amide bonds. The predicted octanol–water partition coefficient (Wildman–Crippen LogP) is 3.23. The predicted molar refractivity (Wildman–Crippen MR) is 67.4 cm³/mol. The molecule has 0 aliphatic carbocycles. The monoisotopic (exact) mass is 292 g/mol. The van der Waals surface area contributed by atoms with Gasteiger partial charge in [-0.2, -0.15) is 0 Å². The van der Waals surface area contributed by atoms with E-state index in [0.29, 0.717) is 13.0 Å². The maximum absolute atomic E-state index is 10.00. The minimum absolute atomic E-state index is 0.0519. The highest BCUT2D eigenvalue weighted by Crippen LogP contribution is 2.25. The highest BCUT2D eigenvalue weighted by Gasteiger charge is 2.19. The first-order valence-corrected chi connectivity index (χ1v) is 6.87. The van der Waals surface area contributed by atoms with E-state index < -0.39 is 6.10 Å². The molecule has 0 aliphatic rings. The van der Waals surface area contributed by atoms with E-state index in [1.807, 2.05) is 25.3 Å². The first-order valence-electron chi connectivity index (χ1n) is 5.20. The Morgan fingerprint density at radius 2 is 2.27 bits per heavy atom. The van der Waals surface area contributed by atoms with Crippen molar-refractivity contribution in [2.45, 2.75) is 38.9 Å². The van der Waals surface area contributed by atoms with Crippen LogP contribution in [0.2, 0.25) is 0 Å². The van der Waals surface area contributed by atoms with Crippen LogP contribution < -0.4 is 0 Å². The van der Waals surface area contributed by atoms with Crippen LogP contribution in [0.25, 0.3) is 0 Å². The van der Waals surface area contributed by atoms with Gasteiger partial charge < -0.3 is 9.84 Å². The molecule has 1 N–H and O–H groups in total. The molecule has 0 saturated carbocycles. The molecule has 1 rings (SSSR count). The molecule has 1 heterocycles. The fraction of sp³-hybridized carbons (Fsp3) is 0.636. The Bertz CT molecular complexity index is 288. The van der Waals surface area contributed by atoms with Gasteiger partial charge in [-0.1, -0.05) is 6.92 Å². The lowest BCUT2D eigenvalue weighted by Gasteiger charge is -2.21. The fourth-order valence-electron chi connectivity index (χ4n) is 1.51. The lowest BCUT2D eigenvalue weighted by atomic mass is 10.1. The van der Waals surface area contributed by atoms with Crippen LogP contribution in [0.1, 0.15) is 25.1 Å². The lowest BCUT2D eigenvalue weighted by molar-refractivity contribution is -0.0332. The van der Waals surface area contributed by atoms with Crippen molar-refractivity contribution in [3.05, 3.63) is 20.8 Å². The zero-order chi connectivity index (χ0) is 11.3. The number of rotatable bonds is 6. The van der Waals surface area contributed by atoms with Crippen LogP contribution in [-0.4, -0.2) is 23.9 Å². The summed E-state index contributed by atoms with van der Waals surface area (Å²) in [5.41, 5.74) is 0. The third-order valence-corrected chi connectivity index (χ3v) is 4.25. The van der Waals surface area contributed by atoms with Gasteiger partial charge in [0, 0.05) is 22.4 Å². The fourth-order valence-corrected chi connectivity index (χ4v) is 3.07. The smallest absolute Gasteiger partial charge is 0.0850 e. The van der Waals surface area contributed by atoms with Crippen LogP contribution in [0, 0.1) is 0 Å². The number of halogens is 1. The van der Waals surface area contributed by atoms with Crippen LogP contribution in [-0.2, 0) is 11.2 Å². The second-order valence-electron chi connectivity index (χ2n) is 3.37. The van der Waals surface area contributed by atoms with Crippen LogP contribution in [0.4, 0.5) is 0 Å². The summed E-state index contributed by atoms with van der Waals surface area (Å²) >= 11 is 5.12. The first kappa shape index (κ1) is 13.2. The molecule has 0 radical (unpaired) electrons. The van der Waals surface area contributed by atoms with Gasteiger partial charge in [-0.05, 0) is 40.7 Å². The molecular weight excluding hydrogens is 276 g/mol. The van der Waals surface area contributed by atoms with Gasteiger partial charge in [0.1, 0.15) is 0 Å². The summed E-state index contributed by atoms with van der Waals surface area (Å²) in [7, 11) is 0. The molecule has 0 spiro atoms. The van der Waals surface area contributed by atoms with E-state index in [-0.39, 0.29) is 6.10 Å². The second-order valence-corrected chi connectivity index (χ2v) is 5.22. The third-order valence-electron chi connectivity index (χ3n) is 2.30. The minimum Gasteiger partial charge on any atom is -0.390 e. The largest absolute Gasteiger partial charge is 0.390 e. The highest BCUT2D eigenvalue weighted by molar-refractivity contribution is 9.10. The van der Waals surface area contributed by atoms with E-state index in [0.717, 1.165) is 10.9 Å². The molecule has 0 aromatic carbocycles. The normalized spacial score (nSPS) is 15.2. The summed E-state index contributed by atoms with van der Waals surface area (Å²) in [6, 6.07) is 2.01. The van der Waals surface area contributed by atoms with Crippen molar-refractivity contribution in [1.29, 1.82) is 0 Å². The maximum atomic E-state index is 10.00. The molecule has 2 unspecified atom stereocenters. The second kappa shape index (κ2) is 6.63. The van der Waals surface area contributed by atoms with Gasteiger partial charge >= 0.3 is 0 Å². The first-order chi connectivity index (χ1) is 7.19. The number of hydrogen-bond donors (Lipinski definition) is 1. The lowest BCUT2D eigenvalue weighted by Crippen LogP contribution is -2.30. The van der Waals surface area contributed by atoms with Crippen molar-refractivity contribution in [3.8, 4) is 0 Å². The SMILES string of the molecule is CCOC(CC)C(O)Cc1sccc1Br. The number of hydrogen-bond acceptors (Lipinski definition) is 3. The molecule has 0 bridgehead atoms. The van der Waals surface area contributed by atoms with Crippen LogP contribution in [0.15, 0.2) is 15.9 Å². The van der Waals surface area contributed by atoms with Crippen LogP contribution in [0.3, 0.4) is 0 Å². The van der Waals surface area contributed by atoms with E-state index >= 15 is 0 Å². The number of thiophene rings is 1. The van der Waals surface area contributed by atoms with Gasteiger partial charge in [-0.25, -0.2) is 0 Å². The molecule has 0 aliphatic heterocycles. The van der Waals surface area contributed by atoms with Crippen molar-refractivity contribution >= 4 is 27.3 Å². The number of ether oxygens (including phenoxy) is 1. The van der Waals surface area contributed by atoms with E-state index in [4.69, 9.17) is 4.74 Å². The Hall–Kier alpha value is 0.100. The van der Waals surface area contributed by atoms with Crippen molar-refractivity contribution in [1.82, 2.24) is 0 Å². The molecular formula is C11H17BrO2S. The summed E-state index contributed by atoms with van der Waals surface area (Å²) in [6.07, 6.45) is 1.04. The Labute approximate surface area is 103 Å². The molecule has 0 fully saturated rings. The molecule has 0 saturated heterocycles. The minimum atomic E-state index is -0.412. The summed E-state index contributed by atoms with van der Waals surface area (Å²) in [4.78, 5) is 1.18. The quantitative estimate of drug-likeness (QED) is 0.872. The number of aliphatic hydroxyl groups excluding tert-OH is 1. The molecule has 86 valence electrons. The Kier molecular flexibility index (Phi) is 5.82. The van der Waals surface area contributed by atoms with Crippen molar-refractivity contribution in [2.75, 3.05) is 6.61 Å². The van der Waals surface area contributed by atoms with Gasteiger partial charge in [-0.15, -0.1) is 11.3 Å². The summed E-state index contributed by atoms with van der Waals surface area (Å²) < 4.78 is 6.56. The van der Waals surface area contributed by atoms with E-state index in [1.165, 1.54) is 4.88 Å². The van der Waals surface area contributed by atoms with Crippen LogP contribution in [0.5, 0.6) is 0 Å². The van der Waals surface area contributed by atoms with Crippen molar-refractivity contribution in [3.63, 3.8) is 0 Å². The van der Waals surface area contributed by atoms with Gasteiger partial charge in [-0.3, -0.25) is 0 Å². The van der Waals surface area contributed by atoms with Crippen molar-refractivity contribution in [2.24, 2.45) is 0 Å². The molecule has 1 aromatic heterocycles. The molecule has 15 heavy (non-hydrogen) atoms. The summed E-state index contributed by atoms with van der Waals surface area (Å²) in [6.45, 7) is 4.64. The molecule has 1 aromatic rings. The van der Waals surface area contributed by atoms with Gasteiger partial charge in [0.15, 0.2) is 0 Å². The molecule has 4 heteroatoms. The molecule has 2 atom stereocenters. The summed E-state index contributed by atoms with van der Waals surface area (Å²) in [5.74, 6) is 0. The van der Waals surface area contributed by atoms with E-state index in [9.17, 15) is 5.11 Å². The third kappa shape index (κ3) is 3.87. The average Bonchev–Trinajstić information content (AvgIpc) is 2.60. The standard InChI is InChI=1S/C11H17BrO2S/c1-3-10(14-4-2)9(13)7-11-8(12)5-6-15-11/h5-6,9-10,13H,3-4,7H2,1-2H3. The van der Waals surface area contributed by atoms with E-state index in [1.54, 1.807) is 11.3 Å². The zero-order valence-corrected chi connectivity index (χ0v) is 11.5. The number of aliphatic hydroxyl groups is 1. The van der Waals surface area contributed by atoms with Gasteiger partial charge in [0.25, 0.3) is 0 Å². The maximum Gasteiger partial charge on any atom is 0.0850 e. The van der Waals surface area contributed by atoms with Gasteiger partial charge in [0.2, 0.25) is 0 Å². The zero-order valence-electron chi connectivity index (χ0n) is 9.07. The Morgan fingerprint density at radius 1 is 1.53 bits per heavy atom. The molecule has 2 nitrogen and oxygen atoms in total.